The third kappa shape index (κ3) is 2.98. The Kier molecular flexibility index (Phi) is 4.14. The van der Waals surface area contributed by atoms with E-state index in [2.05, 4.69) is 4.98 Å². The van der Waals surface area contributed by atoms with E-state index in [-0.39, 0.29) is 23.8 Å². The highest BCUT2D eigenvalue weighted by atomic mass is 16.2. The molecule has 0 aromatic carbocycles. The average Bonchev–Trinajstić information content (AvgIpc) is 3.35. The molecule has 2 fully saturated rings. The molecule has 2 atom stereocenters. The summed E-state index contributed by atoms with van der Waals surface area (Å²) in [5, 5.41) is 0. The second-order valence-electron chi connectivity index (χ2n) is 6.41. The Labute approximate surface area is 131 Å². The van der Waals surface area contributed by atoms with Crippen LogP contribution >= 0.6 is 0 Å². The molecule has 2 aliphatic rings. The van der Waals surface area contributed by atoms with Gasteiger partial charge >= 0.3 is 0 Å². The average molecular weight is 301 g/mol. The van der Waals surface area contributed by atoms with E-state index in [9.17, 15) is 9.59 Å². The van der Waals surface area contributed by atoms with Gasteiger partial charge in [-0.25, -0.2) is 0 Å². The zero-order valence-electron chi connectivity index (χ0n) is 13.2. The summed E-state index contributed by atoms with van der Waals surface area (Å²) in [7, 11) is 1.80. The fourth-order valence-electron chi connectivity index (χ4n) is 3.17. The molecule has 2 heterocycles. The van der Waals surface area contributed by atoms with E-state index in [4.69, 9.17) is 0 Å². The summed E-state index contributed by atoms with van der Waals surface area (Å²) in [6.45, 7) is 2.71. The van der Waals surface area contributed by atoms with Crippen LogP contribution < -0.4 is 0 Å². The van der Waals surface area contributed by atoms with Gasteiger partial charge in [0.2, 0.25) is 11.8 Å². The Hall–Kier alpha value is -1.91. The number of aromatic nitrogens is 1. The van der Waals surface area contributed by atoms with E-state index >= 15 is 0 Å². The van der Waals surface area contributed by atoms with E-state index in [0.717, 1.165) is 25.0 Å². The summed E-state index contributed by atoms with van der Waals surface area (Å²) in [5.74, 6) is 0.0309. The summed E-state index contributed by atoms with van der Waals surface area (Å²) >= 11 is 0. The summed E-state index contributed by atoms with van der Waals surface area (Å²) < 4.78 is 0. The minimum Gasteiger partial charge on any atom is -0.346 e. The van der Waals surface area contributed by atoms with Crippen molar-refractivity contribution in [3.05, 3.63) is 30.1 Å². The van der Waals surface area contributed by atoms with Gasteiger partial charge in [0.15, 0.2) is 0 Å². The maximum atomic E-state index is 13.0. The van der Waals surface area contributed by atoms with E-state index in [1.165, 1.54) is 0 Å². The van der Waals surface area contributed by atoms with Crippen molar-refractivity contribution >= 4 is 11.8 Å². The first kappa shape index (κ1) is 15.0. The van der Waals surface area contributed by atoms with Gasteiger partial charge in [0.05, 0.1) is 11.7 Å². The molecule has 1 saturated heterocycles. The molecule has 118 valence electrons. The molecule has 1 aliphatic carbocycles. The molecule has 2 unspecified atom stereocenters. The lowest BCUT2D eigenvalue weighted by molar-refractivity contribution is -0.146. The number of carbonyl (C=O) groups excluding carboxylic acids is 2. The second kappa shape index (κ2) is 6.07. The zero-order chi connectivity index (χ0) is 15.7. The third-order valence-corrected chi connectivity index (χ3v) is 4.74. The Morgan fingerprint density at radius 3 is 2.73 bits per heavy atom. The summed E-state index contributed by atoms with van der Waals surface area (Å²) in [5.41, 5.74) is 0.919. The monoisotopic (exact) mass is 301 g/mol. The van der Waals surface area contributed by atoms with Gasteiger partial charge in [0.25, 0.3) is 0 Å². The number of piperidine rings is 1. The molecule has 0 radical (unpaired) electrons. The number of likely N-dealkylation sites (tertiary alicyclic amines) is 1. The van der Waals surface area contributed by atoms with Gasteiger partial charge in [0, 0.05) is 38.2 Å². The predicted octanol–water partition coefficient (Wildman–Crippen LogP) is 2.00. The van der Waals surface area contributed by atoms with Crippen molar-refractivity contribution < 1.29 is 9.59 Å². The minimum atomic E-state index is -0.171. The van der Waals surface area contributed by atoms with Crippen molar-refractivity contribution in [1.29, 1.82) is 0 Å². The van der Waals surface area contributed by atoms with Crippen molar-refractivity contribution in [3.8, 4) is 0 Å². The number of nitrogens with zero attached hydrogens (tertiary/aromatic N) is 3. The summed E-state index contributed by atoms with van der Waals surface area (Å²) in [4.78, 5) is 33.0. The smallest absolute Gasteiger partial charge is 0.227 e. The van der Waals surface area contributed by atoms with Gasteiger partial charge < -0.3 is 9.80 Å². The van der Waals surface area contributed by atoms with Gasteiger partial charge in [-0.2, -0.15) is 0 Å². The first-order valence-corrected chi connectivity index (χ1v) is 8.05. The maximum absolute atomic E-state index is 13.0. The Morgan fingerprint density at radius 1 is 1.36 bits per heavy atom. The highest BCUT2D eigenvalue weighted by Crippen LogP contribution is 2.36. The SMILES string of the molecule is CC(c1ccccn1)N(C(=O)C1CCN(C)C(=O)C1)C1CC1. The first-order valence-electron chi connectivity index (χ1n) is 8.05. The van der Waals surface area contributed by atoms with Crippen LogP contribution in [-0.2, 0) is 9.59 Å². The van der Waals surface area contributed by atoms with Gasteiger partial charge in [-0.05, 0) is 38.3 Å². The number of amides is 2. The van der Waals surface area contributed by atoms with Crippen LogP contribution in [0.1, 0.15) is 44.3 Å². The van der Waals surface area contributed by atoms with Crippen molar-refractivity contribution in [3.63, 3.8) is 0 Å². The van der Waals surface area contributed by atoms with E-state index in [0.29, 0.717) is 19.0 Å². The van der Waals surface area contributed by atoms with Gasteiger partial charge in [-0.3, -0.25) is 14.6 Å². The normalized spacial score (nSPS) is 23.3. The largest absolute Gasteiger partial charge is 0.346 e. The van der Waals surface area contributed by atoms with Crippen LogP contribution in [0.5, 0.6) is 0 Å². The highest BCUT2D eigenvalue weighted by Gasteiger charge is 2.41. The molecule has 1 aliphatic heterocycles. The van der Waals surface area contributed by atoms with E-state index in [1.54, 1.807) is 18.1 Å². The molecule has 0 N–H and O–H groups in total. The molecular weight excluding hydrogens is 278 g/mol. The zero-order valence-corrected chi connectivity index (χ0v) is 13.2. The molecule has 0 spiro atoms. The predicted molar refractivity (Wildman–Crippen MR) is 82.9 cm³/mol. The molecule has 3 rings (SSSR count). The van der Waals surface area contributed by atoms with Crippen molar-refractivity contribution in [2.75, 3.05) is 13.6 Å². The molecular formula is C17H23N3O2. The van der Waals surface area contributed by atoms with Crippen LogP contribution in [-0.4, -0.2) is 46.2 Å². The van der Waals surface area contributed by atoms with Crippen LogP contribution in [0.2, 0.25) is 0 Å². The molecule has 1 aromatic heterocycles. The molecule has 22 heavy (non-hydrogen) atoms. The number of hydrogen-bond donors (Lipinski definition) is 0. The highest BCUT2D eigenvalue weighted by molar-refractivity contribution is 5.87. The van der Waals surface area contributed by atoms with Crippen LogP contribution in [0.4, 0.5) is 0 Å². The molecule has 5 heteroatoms. The number of pyridine rings is 1. The lowest BCUT2D eigenvalue weighted by Crippen LogP contribution is -2.45. The van der Waals surface area contributed by atoms with Crippen LogP contribution in [0, 0.1) is 5.92 Å². The third-order valence-electron chi connectivity index (χ3n) is 4.74. The molecule has 1 saturated carbocycles. The molecule has 2 amide bonds. The number of carbonyl (C=O) groups is 2. The lowest BCUT2D eigenvalue weighted by Gasteiger charge is -2.35. The quantitative estimate of drug-likeness (QED) is 0.855. The summed E-state index contributed by atoms with van der Waals surface area (Å²) in [6, 6.07) is 6.09. The molecule has 5 nitrogen and oxygen atoms in total. The fourth-order valence-corrected chi connectivity index (χ4v) is 3.17. The fraction of sp³-hybridized carbons (Fsp3) is 0.588. The number of rotatable bonds is 4. The van der Waals surface area contributed by atoms with E-state index < -0.39 is 0 Å². The Balaban J connectivity index is 1.76. The molecule has 0 bridgehead atoms. The van der Waals surface area contributed by atoms with Crippen LogP contribution in [0.15, 0.2) is 24.4 Å². The minimum absolute atomic E-state index is 0.0315. The van der Waals surface area contributed by atoms with Gasteiger partial charge in [-0.1, -0.05) is 6.07 Å². The van der Waals surface area contributed by atoms with Crippen LogP contribution in [0.3, 0.4) is 0 Å². The Morgan fingerprint density at radius 2 is 2.14 bits per heavy atom. The topological polar surface area (TPSA) is 53.5 Å². The second-order valence-corrected chi connectivity index (χ2v) is 6.41. The summed E-state index contributed by atoms with van der Waals surface area (Å²) in [6.07, 6.45) is 4.99. The van der Waals surface area contributed by atoms with Crippen LogP contribution in [0.25, 0.3) is 0 Å². The molecule has 1 aromatic rings. The van der Waals surface area contributed by atoms with Crippen molar-refractivity contribution in [1.82, 2.24) is 14.8 Å². The first-order chi connectivity index (χ1) is 10.6. The van der Waals surface area contributed by atoms with Gasteiger partial charge in [0.1, 0.15) is 0 Å². The van der Waals surface area contributed by atoms with Crippen molar-refractivity contribution in [2.45, 2.75) is 44.7 Å². The number of hydrogen-bond acceptors (Lipinski definition) is 3. The standard InChI is InChI=1S/C17H23N3O2/c1-12(15-5-3-4-9-18-15)20(14-6-7-14)17(22)13-8-10-19(2)16(21)11-13/h3-5,9,12-14H,6-8,10-11H2,1-2H3. The van der Waals surface area contributed by atoms with Gasteiger partial charge in [-0.15, -0.1) is 0 Å². The van der Waals surface area contributed by atoms with Crippen molar-refractivity contribution in [2.24, 2.45) is 5.92 Å². The maximum Gasteiger partial charge on any atom is 0.227 e. The lowest BCUT2D eigenvalue weighted by atomic mass is 9.94. The Bertz CT molecular complexity index is 556. The van der Waals surface area contributed by atoms with E-state index in [1.807, 2.05) is 30.0 Å².